The number of carbonyl (C=O) groups is 1. The Balaban J connectivity index is 2.20. The van der Waals surface area contributed by atoms with Crippen LogP contribution in [0.1, 0.15) is 22.8 Å². The third kappa shape index (κ3) is 3.46. The number of hydrogen-bond acceptors (Lipinski definition) is 4. The first-order valence-corrected chi connectivity index (χ1v) is 8.75. The molecule has 0 aliphatic heterocycles. The number of likely N-dealkylation sites (N-methyl/N-ethyl adjacent to an activating group) is 1. The number of nitrogens with two attached hydrogens (primary N) is 1. The van der Waals surface area contributed by atoms with Gasteiger partial charge in [0.2, 0.25) is 0 Å². The number of hydrogen-bond donors (Lipinski definition) is 2. The van der Waals surface area contributed by atoms with Gasteiger partial charge >= 0.3 is 0 Å². The minimum absolute atomic E-state index is 0.0302. The van der Waals surface area contributed by atoms with Crippen molar-refractivity contribution in [3.63, 3.8) is 0 Å². The molecule has 3 aromatic rings. The quantitative estimate of drug-likeness (QED) is 0.724. The molecule has 0 spiro atoms. The standard InChI is InChI=1S/C20H21FN4O2/c1-3-25(9-8-22)20(27)16-11-13(10-12(2)17(16)21)18-14-6-4-5-7-15(14)19(26)24-23-18/h4-7,10-11H,3,8-9,22H2,1-2H3,(H,24,26). The first-order valence-electron chi connectivity index (χ1n) is 8.75. The predicted octanol–water partition coefficient (Wildman–Crippen LogP) is 2.46. The normalized spacial score (nSPS) is 11.0. The van der Waals surface area contributed by atoms with Gasteiger partial charge in [-0.05, 0) is 37.6 Å². The molecule has 0 bridgehead atoms. The summed E-state index contributed by atoms with van der Waals surface area (Å²) >= 11 is 0. The SMILES string of the molecule is CCN(CCN)C(=O)c1cc(-c2n[nH]c(=O)c3ccccc23)cc(C)c1F. The van der Waals surface area contributed by atoms with Crippen molar-refractivity contribution < 1.29 is 9.18 Å². The van der Waals surface area contributed by atoms with Gasteiger partial charge in [-0.15, -0.1) is 0 Å². The zero-order valence-corrected chi connectivity index (χ0v) is 15.3. The van der Waals surface area contributed by atoms with Crippen LogP contribution in [0.25, 0.3) is 22.0 Å². The lowest BCUT2D eigenvalue weighted by atomic mass is 9.99. The highest BCUT2D eigenvalue weighted by molar-refractivity contribution is 5.98. The van der Waals surface area contributed by atoms with Gasteiger partial charge in [0.15, 0.2) is 0 Å². The highest BCUT2D eigenvalue weighted by Gasteiger charge is 2.21. The number of nitrogens with one attached hydrogen (secondary N) is 1. The second-order valence-corrected chi connectivity index (χ2v) is 6.28. The Hall–Kier alpha value is -3.06. The van der Waals surface area contributed by atoms with Crippen molar-refractivity contribution >= 4 is 16.7 Å². The van der Waals surface area contributed by atoms with Crippen molar-refractivity contribution in [2.45, 2.75) is 13.8 Å². The number of amides is 1. The van der Waals surface area contributed by atoms with Crippen LogP contribution in [0.3, 0.4) is 0 Å². The Kier molecular flexibility index (Phi) is 5.32. The van der Waals surface area contributed by atoms with E-state index >= 15 is 0 Å². The number of aromatic amines is 1. The summed E-state index contributed by atoms with van der Waals surface area (Å²) in [4.78, 5) is 26.3. The number of aromatic nitrogens is 2. The molecule has 1 heterocycles. The van der Waals surface area contributed by atoms with Crippen LogP contribution in [0.4, 0.5) is 4.39 Å². The lowest BCUT2D eigenvalue weighted by molar-refractivity contribution is 0.0764. The molecule has 0 saturated carbocycles. The van der Waals surface area contributed by atoms with E-state index in [1.54, 1.807) is 37.3 Å². The largest absolute Gasteiger partial charge is 0.338 e. The van der Waals surface area contributed by atoms with Crippen LogP contribution in [0, 0.1) is 12.7 Å². The molecule has 1 amide bonds. The second kappa shape index (κ2) is 7.67. The summed E-state index contributed by atoms with van der Waals surface area (Å²) in [6, 6.07) is 10.1. The highest BCUT2D eigenvalue weighted by atomic mass is 19.1. The van der Waals surface area contributed by atoms with E-state index in [1.165, 1.54) is 11.0 Å². The van der Waals surface area contributed by atoms with Gasteiger partial charge in [-0.1, -0.05) is 18.2 Å². The van der Waals surface area contributed by atoms with Crippen molar-refractivity contribution in [1.29, 1.82) is 0 Å². The van der Waals surface area contributed by atoms with Gasteiger partial charge in [-0.25, -0.2) is 9.49 Å². The van der Waals surface area contributed by atoms with E-state index in [2.05, 4.69) is 10.2 Å². The van der Waals surface area contributed by atoms with E-state index in [0.29, 0.717) is 47.2 Å². The lowest BCUT2D eigenvalue weighted by Gasteiger charge is -2.21. The molecule has 0 atom stereocenters. The number of fused-ring (bicyclic) bond motifs is 1. The zero-order chi connectivity index (χ0) is 19.6. The van der Waals surface area contributed by atoms with Crippen LogP contribution < -0.4 is 11.3 Å². The Morgan fingerprint density at radius 2 is 1.96 bits per heavy atom. The minimum Gasteiger partial charge on any atom is -0.338 e. The molecule has 0 radical (unpaired) electrons. The van der Waals surface area contributed by atoms with Gasteiger partial charge in [0.05, 0.1) is 16.6 Å². The Morgan fingerprint density at radius 3 is 2.63 bits per heavy atom. The average Bonchev–Trinajstić information content (AvgIpc) is 2.68. The maximum absolute atomic E-state index is 14.7. The summed E-state index contributed by atoms with van der Waals surface area (Å²) in [7, 11) is 0. The molecule has 7 heteroatoms. The molecule has 27 heavy (non-hydrogen) atoms. The van der Waals surface area contributed by atoms with Crippen LogP contribution in [0.15, 0.2) is 41.2 Å². The van der Waals surface area contributed by atoms with E-state index in [1.807, 2.05) is 6.92 Å². The van der Waals surface area contributed by atoms with Gasteiger partial charge in [-0.2, -0.15) is 5.10 Å². The first kappa shape index (κ1) is 18.7. The summed E-state index contributed by atoms with van der Waals surface area (Å²) in [5, 5.41) is 7.73. The van der Waals surface area contributed by atoms with E-state index in [9.17, 15) is 14.0 Å². The number of nitrogens with zero attached hydrogens (tertiary/aromatic N) is 2. The fraction of sp³-hybridized carbons (Fsp3) is 0.250. The Morgan fingerprint density at radius 1 is 1.26 bits per heavy atom. The summed E-state index contributed by atoms with van der Waals surface area (Å²) < 4.78 is 14.7. The molecular formula is C20H21FN4O2. The molecule has 1 aromatic heterocycles. The van der Waals surface area contributed by atoms with Gasteiger partial charge in [0.25, 0.3) is 11.5 Å². The molecule has 0 saturated heterocycles. The first-order chi connectivity index (χ1) is 13.0. The third-order valence-electron chi connectivity index (χ3n) is 4.52. The molecule has 6 nitrogen and oxygen atoms in total. The molecule has 0 unspecified atom stereocenters. The Labute approximate surface area is 155 Å². The summed E-state index contributed by atoms with van der Waals surface area (Å²) in [5.41, 5.74) is 6.61. The fourth-order valence-corrected chi connectivity index (χ4v) is 3.13. The van der Waals surface area contributed by atoms with E-state index in [4.69, 9.17) is 5.73 Å². The van der Waals surface area contributed by atoms with Crippen molar-refractivity contribution in [2.75, 3.05) is 19.6 Å². The number of carbonyl (C=O) groups excluding carboxylic acids is 1. The molecule has 2 aromatic carbocycles. The fourth-order valence-electron chi connectivity index (χ4n) is 3.13. The van der Waals surface area contributed by atoms with Crippen LogP contribution in [-0.4, -0.2) is 40.6 Å². The van der Waals surface area contributed by atoms with Crippen LogP contribution >= 0.6 is 0 Å². The van der Waals surface area contributed by atoms with Crippen molar-refractivity contribution in [2.24, 2.45) is 5.73 Å². The monoisotopic (exact) mass is 368 g/mol. The van der Waals surface area contributed by atoms with E-state index in [0.717, 1.165) is 0 Å². The number of aryl methyl sites for hydroxylation is 1. The number of benzene rings is 2. The number of H-pyrrole nitrogens is 1. The average molecular weight is 368 g/mol. The number of halogens is 1. The smallest absolute Gasteiger partial charge is 0.272 e. The predicted molar refractivity (Wildman–Crippen MR) is 103 cm³/mol. The molecule has 0 aliphatic rings. The molecule has 0 fully saturated rings. The molecule has 3 N–H and O–H groups in total. The van der Waals surface area contributed by atoms with Crippen LogP contribution in [-0.2, 0) is 0 Å². The van der Waals surface area contributed by atoms with Crippen molar-refractivity contribution in [1.82, 2.24) is 15.1 Å². The van der Waals surface area contributed by atoms with Gasteiger partial charge in [-0.3, -0.25) is 9.59 Å². The van der Waals surface area contributed by atoms with Gasteiger partial charge in [0, 0.05) is 30.6 Å². The van der Waals surface area contributed by atoms with Crippen molar-refractivity contribution in [3.8, 4) is 11.3 Å². The summed E-state index contributed by atoms with van der Waals surface area (Å²) in [6.07, 6.45) is 0. The minimum atomic E-state index is -0.562. The van der Waals surface area contributed by atoms with Crippen LogP contribution in [0.5, 0.6) is 0 Å². The Bertz CT molecular complexity index is 1060. The van der Waals surface area contributed by atoms with Crippen molar-refractivity contribution in [3.05, 3.63) is 63.7 Å². The van der Waals surface area contributed by atoms with Gasteiger partial charge in [0.1, 0.15) is 5.82 Å². The molecule has 0 aliphatic carbocycles. The lowest BCUT2D eigenvalue weighted by Crippen LogP contribution is -2.35. The number of rotatable bonds is 5. The van der Waals surface area contributed by atoms with E-state index in [-0.39, 0.29) is 11.1 Å². The molecule has 140 valence electrons. The zero-order valence-electron chi connectivity index (χ0n) is 15.3. The molecule has 3 rings (SSSR count). The maximum Gasteiger partial charge on any atom is 0.272 e. The second-order valence-electron chi connectivity index (χ2n) is 6.28. The van der Waals surface area contributed by atoms with Crippen LogP contribution in [0.2, 0.25) is 0 Å². The highest BCUT2D eigenvalue weighted by Crippen LogP contribution is 2.28. The summed E-state index contributed by atoms with van der Waals surface area (Å²) in [5.74, 6) is -0.980. The van der Waals surface area contributed by atoms with E-state index < -0.39 is 11.7 Å². The maximum atomic E-state index is 14.7. The molecular weight excluding hydrogens is 347 g/mol. The third-order valence-corrected chi connectivity index (χ3v) is 4.52. The van der Waals surface area contributed by atoms with Gasteiger partial charge < -0.3 is 10.6 Å². The summed E-state index contributed by atoms with van der Waals surface area (Å²) in [6.45, 7) is 4.49. The topological polar surface area (TPSA) is 92.1 Å².